The van der Waals surface area contributed by atoms with Crippen LogP contribution in [-0.2, 0) is 0 Å². The van der Waals surface area contributed by atoms with Gasteiger partial charge in [-0.1, -0.05) is 11.8 Å². The number of aliphatic hydroxyl groups excluding tert-OH is 1. The number of nitrogens with zero attached hydrogens (tertiary/aromatic N) is 2. The molecule has 0 saturated carbocycles. The van der Waals surface area contributed by atoms with E-state index in [9.17, 15) is 4.79 Å². The first-order valence-electron chi connectivity index (χ1n) is 6.08. The number of hydrogen-bond donors (Lipinski definition) is 2. The number of anilines is 1. The number of nitrogens with one attached hydrogen (secondary N) is 1. The molecule has 0 aliphatic heterocycles. The maximum absolute atomic E-state index is 11.9. The van der Waals surface area contributed by atoms with Crippen LogP contribution in [-0.4, -0.2) is 27.8 Å². The summed E-state index contributed by atoms with van der Waals surface area (Å²) in [6, 6.07) is 10.3. The molecule has 100 valence electrons. The number of aliphatic hydroxyl groups is 1. The number of carbonyl (C=O) groups is 1. The molecule has 20 heavy (non-hydrogen) atoms. The molecular formula is C15H13N3O2. The van der Waals surface area contributed by atoms with Crippen molar-refractivity contribution in [2.45, 2.75) is 6.42 Å². The third kappa shape index (κ3) is 3.90. The van der Waals surface area contributed by atoms with E-state index >= 15 is 0 Å². The summed E-state index contributed by atoms with van der Waals surface area (Å²) in [5, 5.41) is 18.8. The molecule has 1 amide bonds. The quantitative estimate of drug-likeness (QED) is 0.826. The molecule has 0 aliphatic rings. The van der Waals surface area contributed by atoms with Crippen molar-refractivity contribution in [2.75, 3.05) is 11.9 Å². The van der Waals surface area contributed by atoms with Crippen LogP contribution in [0.1, 0.15) is 22.3 Å². The molecule has 2 rings (SSSR count). The molecule has 0 bridgehead atoms. The van der Waals surface area contributed by atoms with Gasteiger partial charge in [0.15, 0.2) is 5.82 Å². The highest BCUT2D eigenvalue weighted by Gasteiger charge is 2.06. The van der Waals surface area contributed by atoms with Crippen molar-refractivity contribution in [1.82, 2.24) is 10.2 Å². The SMILES string of the molecule is O=C(Nc1cccnn1)c1ccc(C#CCCO)cc1. The highest BCUT2D eigenvalue weighted by Crippen LogP contribution is 2.07. The Kier molecular flexibility index (Phi) is 4.81. The Morgan fingerprint density at radius 1 is 1.25 bits per heavy atom. The summed E-state index contributed by atoms with van der Waals surface area (Å²) >= 11 is 0. The molecule has 0 unspecified atom stereocenters. The van der Waals surface area contributed by atoms with Crippen molar-refractivity contribution >= 4 is 11.7 Å². The molecule has 2 aromatic rings. The lowest BCUT2D eigenvalue weighted by Crippen LogP contribution is -2.13. The second-order valence-electron chi connectivity index (χ2n) is 3.92. The fraction of sp³-hybridized carbons (Fsp3) is 0.133. The number of hydrogen-bond acceptors (Lipinski definition) is 4. The van der Waals surface area contributed by atoms with Crippen LogP contribution in [0.4, 0.5) is 5.82 Å². The van der Waals surface area contributed by atoms with Crippen molar-refractivity contribution in [3.63, 3.8) is 0 Å². The van der Waals surface area contributed by atoms with Gasteiger partial charge in [-0.25, -0.2) is 0 Å². The third-order valence-electron chi connectivity index (χ3n) is 2.43. The highest BCUT2D eigenvalue weighted by molar-refractivity contribution is 6.03. The fourth-order valence-electron chi connectivity index (χ4n) is 1.48. The first kappa shape index (κ1) is 13.7. The smallest absolute Gasteiger partial charge is 0.256 e. The Labute approximate surface area is 116 Å². The lowest BCUT2D eigenvalue weighted by atomic mass is 10.1. The molecule has 0 spiro atoms. The van der Waals surface area contributed by atoms with Gasteiger partial charge in [0, 0.05) is 23.7 Å². The lowest BCUT2D eigenvalue weighted by molar-refractivity contribution is 0.102. The zero-order valence-electron chi connectivity index (χ0n) is 10.7. The Morgan fingerprint density at radius 3 is 2.70 bits per heavy atom. The number of carbonyl (C=O) groups excluding carboxylic acids is 1. The van der Waals surface area contributed by atoms with E-state index in [1.54, 1.807) is 36.4 Å². The molecule has 0 atom stereocenters. The number of amides is 1. The molecule has 1 heterocycles. The van der Waals surface area contributed by atoms with E-state index < -0.39 is 0 Å². The molecule has 5 nitrogen and oxygen atoms in total. The first-order chi connectivity index (χ1) is 9.79. The van der Waals surface area contributed by atoms with Gasteiger partial charge in [-0.2, -0.15) is 5.10 Å². The van der Waals surface area contributed by atoms with Crippen LogP contribution in [0.2, 0.25) is 0 Å². The maximum atomic E-state index is 11.9. The fourth-order valence-corrected chi connectivity index (χ4v) is 1.48. The summed E-state index contributed by atoms with van der Waals surface area (Å²) in [5.41, 5.74) is 1.32. The highest BCUT2D eigenvalue weighted by atomic mass is 16.2. The van der Waals surface area contributed by atoms with E-state index in [1.807, 2.05) is 0 Å². The third-order valence-corrected chi connectivity index (χ3v) is 2.43. The summed E-state index contributed by atoms with van der Waals surface area (Å²) in [5.74, 6) is 5.88. The Balaban J connectivity index is 2.03. The summed E-state index contributed by atoms with van der Waals surface area (Å²) in [4.78, 5) is 11.9. The zero-order chi connectivity index (χ0) is 14.2. The minimum absolute atomic E-state index is 0.0472. The van der Waals surface area contributed by atoms with Crippen LogP contribution in [0.15, 0.2) is 42.6 Å². The predicted octanol–water partition coefficient (Wildman–Crippen LogP) is 1.46. The van der Waals surface area contributed by atoms with Crippen molar-refractivity contribution < 1.29 is 9.90 Å². The average Bonchev–Trinajstić information content (AvgIpc) is 2.49. The van der Waals surface area contributed by atoms with Gasteiger partial charge >= 0.3 is 0 Å². The predicted molar refractivity (Wildman–Crippen MR) is 75.0 cm³/mol. The van der Waals surface area contributed by atoms with Crippen molar-refractivity contribution in [2.24, 2.45) is 0 Å². The van der Waals surface area contributed by atoms with E-state index in [1.165, 1.54) is 6.20 Å². The van der Waals surface area contributed by atoms with E-state index in [0.717, 1.165) is 5.56 Å². The van der Waals surface area contributed by atoms with Crippen molar-refractivity contribution in [3.8, 4) is 11.8 Å². The lowest BCUT2D eigenvalue weighted by Gasteiger charge is -2.03. The van der Waals surface area contributed by atoms with E-state index in [0.29, 0.717) is 17.8 Å². The van der Waals surface area contributed by atoms with Gasteiger partial charge in [-0.3, -0.25) is 4.79 Å². The van der Waals surface area contributed by atoms with Gasteiger partial charge < -0.3 is 10.4 Å². The molecular weight excluding hydrogens is 254 g/mol. The van der Waals surface area contributed by atoms with E-state index in [-0.39, 0.29) is 12.5 Å². The first-order valence-corrected chi connectivity index (χ1v) is 6.08. The second kappa shape index (κ2) is 7.02. The summed E-state index contributed by atoms with van der Waals surface area (Å²) in [6.45, 7) is 0.0472. The second-order valence-corrected chi connectivity index (χ2v) is 3.92. The zero-order valence-corrected chi connectivity index (χ0v) is 10.7. The average molecular weight is 267 g/mol. The van der Waals surface area contributed by atoms with Gasteiger partial charge in [0.2, 0.25) is 0 Å². The largest absolute Gasteiger partial charge is 0.395 e. The van der Waals surface area contributed by atoms with Gasteiger partial charge in [0.05, 0.1) is 6.61 Å². The Hall–Kier alpha value is -2.71. The van der Waals surface area contributed by atoms with Crippen molar-refractivity contribution in [3.05, 3.63) is 53.7 Å². The van der Waals surface area contributed by atoms with Crippen LogP contribution in [0.3, 0.4) is 0 Å². The molecule has 0 saturated heterocycles. The van der Waals surface area contributed by atoms with Crippen LogP contribution >= 0.6 is 0 Å². The molecule has 0 fully saturated rings. The number of aromatic nitrogens is 2. The Bertz CT molecular complexity index is 628. The monoisotopic (exact) mass is 267 g/mol. The van der Waals surface area contributed by atoms with Gasteiger partial charge in [0.1, 0.15) is 0 Å². The summed E-state index contributed by atoms with van der Waals surface area (Å²) < 4.78 is 0. The molecule has 2 N–H and O–H groups in total. The topological polar surface area (TPSA) is 75.1 Å². The normalized spacial score (nSPS) is 9.45. The summed E-state index contributed by atoms with van der Waals surface area (Å²) in [7, 11) is 0. The van der Waals surface area contributed by atoms with Gasteiger partial charge in [-0.15, -0.1) is 5.10 Å². The van der Waals surface area contributed by atoms with Gasteiger partial charge in [0.25, 0.3) is 5.91 Å². The molecule has 0 radical (unpaired) electrons. The van der Waals surface area contributed by atoms with Crippen LogP contribution in [0.25, 0.3) is 0 Å². The minimum atomic E-state index is -0.250. The summed E-state index contributed by atoms with van der Waals surface area (Å²) in [6.07, 6.45) is 1.98. The molecule has 5 heteroatoms. The minimum Gasteiger partial charge on any atom is -0.395 e. The van der Waals surface area contributed by atoms with Crippen LogP contribution in [0, 0.1) is 11.8 Å². The number of benzene rings is 1. The molecule has 0 aliphatic carbocycles. The maximum Gasteiger partial charge on any atom is 0.256 e. The van der Waals surface area contributed by atoms with Crippen LogP contribution in [0.5, 0.6) is 0 Å². The van der Waals surface area contributed by atoms with E-state index in [2.05, 4.69) is 27.4 Å². The standard InChI is InChI=1S/C15H13N3O2/c19-11-2-1-4-12-6-8-13(9-7-12)15(20)17-14-5-3-10-16-18-14/h3,5-10,19H,2,11H2,(H,17,18,20). The Morgan fingerprint density at radius 2 is 2.05 bits per heavy atom. The molecule has 1 aromatic carbocycles. The van der Waals surface area contributed by atoms with E-state index in [4.69, 9.17) is 5.11 Å². The van der Waals surface area contributed by atoms with Crippen molar-refractivity contribution in [1.29, 1.82) is 0 Å². The number of rotatable bonds is 3. The van der Waals surface area contributed by atoms with Gasteiger partial charge in [-0.05, 0) is 36.4 Å². The van der Waals surface area contributed by atoms with Crippen LogP contribution < -0.4 is 5.32 Å². The molecule has 1 aromatic heterocycles.